The normalized spacial score (nSPS) is 13.3. The summed E-state index contributed by atoms with van der Waals surface area (Å²) < 4.78 is 11.8. The molecule has 0 heterocycles. The zero-order valence-corrected chi connectivity index (χ0v) is 17.6. The quantitative estimate of drug-likeness (QED) is 0.738. The zero-order valence-electron chi connectivity index (χ0n) is 17.6. The van der Waals surface area contributed by atoms with Crippen LogP contribution in [0.5, 0.6) is 11.5 Å². The molecule has 4 heteroatoms. The van der Waals surface area contributed by atoms with E-state index >= 15 is 0 Å². The van der Waals surface area contributed by atoms with Gasteiger partial charge in [-0.05, 0) is 81.3 Å². The van der Waals surface area contributed by atoms with Crippen LogP contribution in [0.3, 0.4) is 0 Å². The second kappa shape index (κ2) is 9.25. The first kappa shape index (κ1) is 21.3. The Bertz CT molecular complexity index is 670. The van der Waals surface area contributed by atoms with Crippen LogP contribution in [0, 0.1) is 27.7 Å². The minimum Gasteiger partial charge on any atom is -0.491 e. The van der Waals surface area contributed by atoms with E-state index in [1.807, 2.05) is 13.8 Å². The lowest BCUT2D eigenvalue weighted by Crippen LogP contribution is -2.24. The van der Waals surface area contributed by atoms with E-state index in [2.05, 4.69) is 52.0 Å². The Labute approximate surface area is 163 Å². The molecule has 0 aliphatic carbocycles. The summed E-state index contributed by atoms with van der Waals surface area (Å²) in [6.07, 6.45) is 0.879. The summed E-state index contributed by atoms with van der Waals surface area (Å²) in [5.74, 6) is 1.89. The van der Waals surface area contributed by atoms with Crippen LogP contribution in [-0.4, -0.2) is 25.3 Å². The third-order valence-corrected chi connectivity index (χ3v) is 4.43. The number of ether oxygens (including phenoxy) is 2. The highest BCUT2D eigenvalue weighted by atomic mass is 16.5. The van der Waals surface area contributed by atoms with E-state index in [4.69, 9.17) is 20.9 Å². The molecule has 0 fully saturated rings. The lowest BCUT2D eigenvalue weighted by Gasteiger charge is -2.17. The van der Waals surface area contributed by atoms with Crippen molar-refractivity contribution in [1.29, 1.82) is 0 Å². The molecule has 0 unspecified atom stereocenters. The fourth-order valence-corrected chi connectivity index (χ4v) is 3.40. The van der Waals surface area contributed by atoms with Gasteiger partial charge < -0.3 is 20.9 Å². The largest absolute Gasteiger partial charge is 0.491 e. The van der Waals surface area contributed by atoms with Crippen LogP contribution >= 0.6 is 0 Å². The van der Waals surface area contributed by atoms with Gasteiger partial charge in [-0.1, -0.05) is 24.3 Å². The van der Waals surface area contributed by atoms with E-state index in [0.29, 0.717) is 13.2 Å². The molecular formula is C23H34N2O2. The van der Waals surface area contributed by atoms with Crippen molar-refractivity contribution in [3.8, 4) is 11.5 Å². The minimum absolute atomic E-state index is 0.0254. The van der Waals surface area contributed by atoms with Crippen LogP contribution in [0.25, 0.3) is 0 Å². The van der Waals surface area contributed by atoms with Gasteiger partial charge in [0.2, 0.25) is 0 Å². The fourth-order valence-electron chi connectivity index (χ4n) is 3.40. The van der Waals surface area contributed by atoms with Gasteiger partial charge in [0.1, 0.15) is 24.7 Å². The summed E-state index contributed by atoms with van der Waals surface area (Å²) >= 11 is 0. The molecule has 4 N–H and O–H groups in total. The predicted molar refractivity (Wildman–Crippen MR) is 113 cm³/mol. The van der Waals surface area contributed by atoms with E-state index in [0.717, 1.165) is 40.2 Å². The van der Waals surface area contributed by atoms with Crippen LogP contribution < -0.4 is 20.9 Å². The van der Waals surface area contributed by atoms with Gasteiger partial charge in [-0.2, -0.15) is 0 Å². The fraction of sp³-hybridized carbons (Fsp3) is 0.478. The molecule has 2 atom stereocenters. The molecule has 0 aromatic heterocycles. The van der Waals surface area contributed by atoms with Gasteiger partial charge in [0.25, 0.3) is 0 Å². The summed E-state index contributed by atoms with van der Waals surface area (Å²) in [5, 5.41) is 0. The Morgan fingerprint density at radius 3 is 1.22 bits per heavy atom. The maximum absolute atomic E-state index is 5.88. The van der Waals surface area contributed by atoms with E-state index in [1.165, 1.54) is 11.1 Å². The number of nitrogens with two attached hydrogens (primary N) is 2. The highest BCUT2D eigenvalue weighted by Crippen LogP contribution is 2.29. The molecule has 148 valence electrons. The van der Waals surface area contributed by atoms with E-state index < -0.39 is 0 Å². The third kappa shape index (κ3) is 5.98. The van der Waals surface area contributed by atoms with E-state index in [9.17, 15) is 0 Å². The molecule has 2 aromatic carbocycles. The number of hydrogen-bond donors (Lipinski definition) is 2. The van der Waals surface area contributed by atoms with Crippen molar-refractivity contribution in [2.75, 3.05) is 13.2 Å². The lowest BCUT2D eigenvalue weighted by atomic mass is 9.97. The molecule has 0 bridgehead atoms. The second-order valence-electron chi connectivity index (χ2n) is 7.87. The number of rotatable bonds is 8. The number of hydrogen-bond acceptors (Lipinski definition) is 4. The first-order valence-electron chi connectivity index (χ1n) is 9.64. The highest BCUT2D eigenvalue weighted by molar-refractivity contribution is 5.47. The smallest absolute Gasteiger partial charge is 0.125 e. The Morgan fingerprint density at radius 1 is 0.667 bits per heavy atom. The van der Waals surface area contributed by atoms with Gasteiger partial charge in [0.05, 0.1) is 0 Å². The lowest BCUT2D eigenvalue weighted by molar-refractivity contribution is 0.292. The van der Waals surface area contributed by atoms with Crippen LogP contribution in [0.4, 0.5) is 0 Å². The molecular weight excluding hydrogens is 336 g/mol. The van der Waals surface area contributed by atoms with Crippen molar-refractivity contribution in [3.63, 3.8) is 0 Å². The Kier molecular flexibility index (Phi) is 7.28. The predicted octanol–water partition coefficient (Wildman–Crippen LogP) is 3.96. The summed E-state index contributed by atoms with van der Waals surface area (Å²) in [7, 11) is 0. The van der Waals surface area contributed by atoms with Crippen molar-refractivity contribution in [3.05, 3.63) is 57.6 Å². The van der Waals surface area contributed by atoms with Gasteiger partial charge in [-0.15, -0.1) is 0 Å². The maximum atomic E-state index is 5.88. The molecule has 0 aliphatic heterocycles. The minimum atomic E-state index is 0.0254. The van der Waals surface area contributed by atoms with Crippen molar-refractivity contribution in [2.24, 2.45) is 11.5 Å². The van der Waals surface area contributed by atoms with Crippen molar-refractivity contribution >= 4 is 0 Å². The monoisotopic (exact) mass is 370 g/mol. The molecule has 27 heavy (non-hydrogen) atoms. The molecule has 0 spiro atoms. The number of benzene rings is 2. The molecule has 0 aliphatic rings. The summed E-state index contributed by atoms with van der Waals surface area (Å²) in [5.41, 5.74) is 18.8. The molecule has 0 radical (unpaired) electrons. The molecule has 0 amide bonds. The average molecular weight is 371 g/mol. The topological polar surface area (TPSA) is 70.5 Å². The van der Waals surface area contributed by atoms with Crippen LogP contribution in [-0.2, 0) is 6.42 Å². The van der Waals surface area contributed by atoms with Gasteiger partial charge in [0.15, 0.2) is 0 Å². The van der Waals surface area contributed by atoms with E-state index in [1.54, 1.807) is 0 Å². The van der Waals surface area contributed by atoms with Gasteiger partial charge in [0, 0.05) is 12.1 Å². The third-order valence-electron chi connectivity index (χ3n) is 4.43. The summed E-state index contributed by atoms with van der Waals surface area (Å²) in [6.45, 7) is 13.3. The molecule has 0 saturated carbocycles. The Balaban J connectivity index is 2.19. The standard InChI is InChI=1S/C23H34N2O2/c1-14-7-20(8-15(2)22(14)26-12-18(5)24)11-21-9-16(3)23(17(4)10-21)27-13-19(6)25/h7-10,18-19H,11-13,24-25H2,1-6H3/t18-,19-/m0/s1. The summed E-state index contributed by atoms with van der Waals surface area (Å²) in [4.78, 5) is 0. The molecule has 2 rings (SSSR count). The van der Waals surface area contributed by atoms with Gasteiger partial charge >= 0.3 is 0 Å². The zero-order chi connectivity index (χ0) is 20.1. The molecule has 4 nitrogen and oxygen atoms in total. The van der Waals surface area contributed by atoms with Crippen LogP contribution in [0.1, 0.15) is 47.2 Å². The Morgan fingerprint density at radius 2 is 0.963 bits per heavy atom. The van der Waals surface area contributed by atoms with Crippen LogP contribution in [0.2, 0.25) is 0 Å². The SMILES string of the molecule is Cc1cc(Cc2cc(C)c(OC[C@H](C)N)c(C)c2)cc(C)c1OC[C@H](C)N. The highest BCUT2D eigenvalue weighted by Gasteiger charge is 2.11. The molecule has 2 aromatic rings. The first-order chi connectivity index (χ1) is 12.7. The van der Waals surface area contributed by atoms with E-state index in [-0.39, 0.29) is 12.1 Å². The van der Waals surface area contributed by atoms with Gasteiger partial charge in [-0.25, -0.2) is 0 Å². The van der Waals surface area contributed by atoms with Gasteiger partial charge in [-0.3, -0.25) is 0 Å². The number of aryl methyl sites for hydroxylation is 4. The second-order valence-corrected chi connectivity index (χ2v) is 7.87. The van der Waals surface area contributed by atoms with Crippen molar-refractivity contribution in [2.45, 2.75) is 60.0 Å². The first-order valence-corrected chi connectivity index (χ1v) is 9.64. The maximum Gasteiger partial charge on any atom is 0.125 e. The van der Waals surface area contributed by atoms with Crippen molar-refractivity contribution < 1.29 is 9.47 Å². The van der Waals surface area contributed by atoms with Crippen LogP contribution in [0.15, 0.2) is 24.3 Å². The summed E-state index contributed by atoms with van der Waals surface area (Å²) in [6, 6.07) is 8.86. The molecule has 0 saturated heterocycles. The average Bonchev–Trinajstić information content (AvgIpc) is 2.52. The van der Waals surface area contributed by atoms with Crippen molar-refractivity contribution in [1.82, 2.24) is 0 Å². The Hall–Kier alpha value is -2.04.